The lowest BCUT2D eigenvalue weighted by Gasteiger charge is -2.18. The van der Waals surface area contributed by atoms with E-state index >= 15 is 0 Å². The Labute approximate surface area is 86.2 Å². The van der Waals surface area contributed by atoms with E-state index in [0.717, 1.165) is 0 Å². The standard InChI is InChI=1S/C11H10F3N/c1-2-8-5-3-4-6-9(7-15)10(8)11(12,13)14/h3-6,8H,2H2,1H3. The Morgan fingerprint density at radius 1 is 1.40 bits per heavy atom. The molecule has 4 heteroatoms. The van der Waals surface area contributed by atoms with Crippen molar-refractivity contribution < 1.29 is 13.2 Å². The Balaban J connectivity index is 3.31. The zero-order valence-corrected chi connectivity index (χ0v) is 8.17. The van der Waals surface area contributed by atoms with Gasteiger partial charge in [0, 0.05) is 5.92 Å². The molecule has 0 fully saturated rings. The molecular formula is C11H10F3N. The van der Waals surface area contributed by atoms with Crippen LogP contribution in [0.3, 0.4) is 0 Å². The van der Waals surface area contributed by atoms with E-state index < -0.39 is 17.7 Å². The fourth-order valence-corrected chi connectivity index (χ4v) is 1.54. The van der Waals surface area contributed by atoms with E-state index in [-0.39, 0.29) is 5.57 Å². The lowest BCUT2D eigenvalue weighted by Crippen LogP contribution is -2.20. The number of allylic oxidation sites excluding steroid dienone is 6. The maximum absolute atomic E-state index is 12.7. The minimum absolute atomic E-state index is 0.292. The topological polar surface area (TPSA) is 23.8 Å². The second kappa shape index (κ2) is 4.35. The second-order valence-corrected chi connectivity index (χ2v) is 3.20. The predicted molar refractivity (Wildman–Crippen MR) is 50.8 cm³/mol. The summed E-state index contributed by atoms with van der Waals surface area (Å²) in [6.45, 7) is 1.67. The average Bonchev–Trinajstić information content (AvgIpc) is 2.37. The molecule has 0 saturated heterocycles. The van der Waals surface area contributed by atoms with E-state index in [1.165, 1.54) is 18.2 Å². The first-order valence-corrected chi connectivity index (χ1v) is 4.57. The highest BCUT2D eigenvalue weighted by molar-refractivity contribution is 5.45. The molecule has 0 aromatic rings. The van der Waals surface area contributed by atoms with Crippen LogP contribution in [0.25, 0.3) is 0 Å². The highest BCUT2D eigenvalue weighted by Gasteiger charge is 2.39. The van der Waals surface area contributed by atoms with Crippen LogP contribution < -0.4 is 0 Å². The molecule has 15 heavy (non-hydrogen) atoms. The van der Waals surface area contributed by atoms with Crippen molar-refractivity contribution >= 4 is 0 Å². The molecule has 0 aromatic carbocycles. The second-order valence-electron chi connectivity index (χ2n) is 3.20. The molecule has 1 atom stereocenters. The van der Waals surface area contributed by atoms with E-state index in [1.807, 2.05) is 0 Å². The SMILES string of the molecule is CCC1C=CC=CC(C#N)=C1C(F)(F)F. The van der Waals surface area contributed by atoms with Gasteiger partial charge in [0.15, 0.2) is 0 Å². The molecule has 0 N–H and O–H groups in total. The third-order valence-corrected chi connectivity index (χ3v) is 2.24. The lowest BCUT2D eigenvalue weighted by atomic mass is 9.92. The van der Waals surface area contributed by atoms with Crippen molar-refractivity contribution in [3.05, 3.63) is 35.5 Å². The number of halogens is 3. The van der Waals surface area contributed by atoms with Gasteiger partial charge in [0.25, 0.3) is 0 Å². The summed E-state index contributed by atoms with van der Waals surface area (Å²) in [5, 5.41) is 8.68. The number of rotatable bonds is 1. The number of alkyl halides is 3. The first-order chi connectivity index (χ1) is 7.00. The Morgan fingerprint density at radius 3 is 2.53 bits per heavy atom. The van der Waals surface area contributed by atoms with Gasteiger partial charge in [-0.3, -0.25) is 0 Å². The molecule has 0 aliphatic heterocycles. The lowest BCUT2D eigenvalue weighted by molar-refractivity contribution is -0.0977. The minimum atomic E-state index is -4.44. The third kappa shape index (κ3) is 2.50. The third-order valence-electron chi connectivity index (χ3n) is 2.24. The van der Waals surface area contributed by atoms with Crippen LogP contribution in [0.15, 0.2) is 35.5 Å². The van der Waals surface area contributed by atoms with Crippen LogP contribution in [0.1, 0.15) is 13.3 Å². The summed E-state index contributed by atoms with van der Waals surface area (Å²) < 4.78 is 38.2. The van der Waals surface area contributed by atoms with Crippen molar-refractivity contribution in [2.24, 2.45) is 5.92 Å². The van der Waals surface area contributed by atoms with Gasteiger partial charge in [-0.05, 0) is 12.5 Å². The van der Waals surface area contributed by atoms with Crippen molar-refractivity contribution in [1.82, 2.24) is 0 Å². The first-order valence-electron chi connectivity index (χ1n) is 4.57. The molecule has 1 rings (SSSR count). The molecule has 0 amide bonds. The summed E-state index contributed by atoms with van der Waals surface area (Å²) in [4.78, 5) is 0. The van der Waals surface area contributed by atoms with E-state index in [9.17, 15) is 13.2 Å². The fraction of sp³-hybridized carbons (Fsp3) is 0.364. The zero-order valence-electron chi connectivity index (χ0n) is 8.17. The molecule has 80 valence electrons. The number of hydrogen-bond acceptors (Lipinski definition) is 1. The van der Waals surface area contributed by atoms with Crippen molar-refractivity contribution in [1.29, 1.82) is 5.26 Å². The smallest absolute Gasteiger partial charge is 0.192 e. The van der Waals surface area contributed by atoms with Crippen LogP contribution in [-0.4, -0.2) is 6.18 Å². The van der Waals surface area contributed by atoms with E-state index in [0.29, 0.717) is 6.42 Å². The van der Waals surface area contributed by atoms with Gasteiger partial charge in [-0.25, -0.2) is 0 Å². The molecule has 1 nitrogen and oxygen atoms in total. The quantitative estimate of drug-likeness (QED) is 0.653. The molecule has 1 aliphatic rings. The summed E-state index contributed by atoms with van der Waals surface area (Å²) in [7, 11) is 0. The molecule has 0 heterocycles. The summed E-state index contributed by atoms with van der Waals surface area (Å²) >= 11 is 0. The summed E-state index contributed by atoms with van der Waals surface area (Å²) in [6, 6.07) is 1.60. The Kier molecular flexibility index (Phi) is 3.35. The van der Waals surface area contributed by atoms with Gasteiger partial charge in [0.1, 0.15) is 0 Å². The number of hydrogen-bond donors (Lipinski definition) is 0. The van der Waals surface area contributed by atoms with Crippen LogP contribution >= 0.6 is 0 Å². The van der Waals surface area contributed by atoms with Gasteiger partial charge in [-0.15, -0.1) is 0 Å². The largest absolute Gasteiger partial charge is 0.414 e. The normalized spacial score (nSPS) is 21.4. The van der Waals surface area contributed by atoms with Crippen molar-refractivity contribution in [2.45, 2.75) is 19.5 Å². The summed E-state index contributed by atoms with van der Waals surface area (Å²) in [6.07, 6.45) is 1.58. The first kappa shape index (κ1) is 11.6. The van der Waals surface area contributed by atoms with Gasteiger partial charge >= 0.3 is 6.18 Å². The molecule has 0 aromatic heterocycles. The van der Waals surface area contributed by atoms with Crippen LogP contribution in [0.5, 0.6) is 0 Å². The zero-order chi connectivity index (χ0) is 11.5. The maximum Gasteiger partial charge on any atom is 0.414 e. The molecule has 0 radical (unpaired) electrons. The van der Waals surface area contributed by atoms with Gasteiger partial charge in [0.05, 0.1) is 17.2 Å². The highest BCUT2D eigenvalue weighted by Crippen LogP contribution is 2.37. The van der Waals surface area contributed by atoms with Gasteiger partial charge in [0.2, 0.25) is 0 Å². The van der Waals surface area contributed by atoms with Crippen LogP contribution in [0.2, 0.25) is 0 Å². The molecular weight excluding hydrogens is 203 g/mol. The molecule has 0 spiro atoms. The van der Waals surface area contributed by atoms with Crippen molar-refractivity contribution in [3.8, 4) is 6.07 Å². The molecule has 1 aliphatic carbocycles. The summed E-state index contributed by atoms with van der Waals surface area (Å²) in [5.41, 5.74) is -1.03. The van der Waals surface area contributed by atoms with Gasteiger partial charge < -0.3 is 0 Å². The average molecular weight is 213 g/mol. The minimum Gasteiger partial charge on any atom is -0.192 e. The highest BCUT2D eigenvalue weighted by atomic mass is 19.4. The van der Waals surface area contributed by atoms with Gasteiger partial charge in [-0.1, -0.05) is 25.2 Å². The number of nitriles is 1. The van der Waals surface area contributed by atoms with Crippen molar-refractivity contribution in [3.63, 3.8) is 0 Å². The Bertz CT molecular complexity index is 366. The van der Waals surface area contributed by atoms with E-state index in [4.69, 9.17) is 5.26 Å². The Morgan fingerprint density at radius 2 is 2.07 bits per heavy atom. The van der Waals surface area contributed by atoms with E-state index in [2.05, 4.69) is 0 Å². The van der Waals surface area contributed by atoms with Crippen LogP contribution in [-0.2, 0) is 0 Å². The molecule has 0 saturated carbocycles. The molecule has 1 unspecified atom stereocenters. The maximum atomic E-state index is 12.7. The van der Waals surface area contributed by atoms with Gasteiger partial charge in [-0.2, -0.15) is 18.4 Å². The predicted octanol–water partition coefficient (Wildman–Crippen LogP) is 3.52. The summed E-state index contributed by atoms with van der Waals surface area (Å²) in [5.74, 6) is -0.727. The van der Waals surface area contributed by atoms with Crippen LogP contribution in [0, 0.1) is 17.2 Å². The Hall–Kier alpha value is -1.50. The van der Waals surface area contributed by atoms with Crippen LogP contribution in [0.4, 0.5) is 13.2 Å². The fourth-order valence-electron chi connectivity index (χ4n) is 1.54. The number of nitrogens with zero attached hydrogens (tertiary/aromatic N) is 1. The monoisotopic (exact) mass is 213 g/mol. The van der Waals surface area contributed by atoms with E-state index in [1.54, 1.807) is 19.1 Å². The van der Waals surface area contributed by atoms with Crippen molar-refractivity contribution in [2.75, 3.05) is 0 Å². The molecule has 0 bridgehead atoms.